The molecule has 0 fully saturated rings. The van der Waals surface area contributed by atoms with Crippen LogP contribution in [0.3, 0.4) is 0 Å². The van der Waals surface area contributed by atoms with Crippen molar-refractivity contribution in [3.05, 3.63) is 31.9 Å². The minimum absolute atomic E-state index is 0.0595. The highest BCUT2D eigenvalue weighted by Gasteiger charge is 2.19. The fraction of sp³-hybridized carbons (Fsp3) is 0.333. The summed E-state index contributed by atoms with van der Waals surface area (Å²) < 4.78 is 1.03. The Labute approximate surface area is 133 Å². The number of thiophene rings is 1. The molecule has 2 rings (SSSR count). The molecule has 0 saturated carbocycles. The molecule has 0 unspecified atom stereocenters. The lowest BCUT2D eigenvalue weighted by Gasteiger charge is -2.20. The zero-order chi connectivity index (χ0) is 14.5. The molecule has 2 N–H and O–H groups in total. The van der Waals surface area contributed by atoms with E-state index in [1.807, 2.05) is 12.1 Å². The van der Waals surface area contributed by atoms with E-state index < -0.39 is 0 Å². The van der Waals surface area contributed by atoms with Gasteiger partial charge in [-0.25, -0.2) is 4.98 Å². The molecule has 0 saturated heterocycles. The molecule has 8 heteroatoms. The van der Waals surface area contributed by atoms with E-state index in [-0.39, 0.29) is 12.5 Å². The van der Waals surface area contributed by atoms with Crippen molar-refractivity contribution in [3.63, 3.8) is 0 Å². The van der Waals surface area contributed by atoms with E-state index in [0.29, 0.717) is 23.1 Å². The molecule has 2 aromatic rings. The number of thiazole rings is 1. The average molecular weight is 376 g/mol. The van der Waals surface area contributed by atoms with E-state index in [9.17, 15) is 4.79 Å². The van der Waals surface area contributed by atoms with Crippen LogP contribution in [0.4, 0.5) is 5.13 Å². The maximum atomic E-state index is 12.4. The van der Waals surface area contributed by atoms with Crippen LogP contribution in [-0.2, 0) is 6.54 Å². The van der Waals surface area contributed by atoms with E-state index in [1.165, 1.54) is 11.3 Å². The SMILES string of the molecule is CNc1ncc(C(=O)N(CCO)Cc2ccc(Br)s2)s1. The number of nitrogens with zero attached hydrogens (tertiary/aromatic N) is 2. The predicted molar refractivity (Wildman–Crippen MR) is 85.5 cm³/mol. The molecule has 0 radical (unpaired) electrons. The van der Waals surface area contributed by atoms with Crippen molar-refractivity contribution in [2.45, 2.75) is 6.54 Å². The third kappa shape index (κ3) is 3.78. The van der Waals surface area contributed by atoms with Gasteiger partial charge >= 0.3 is 0 Å². The summed E-state index contributed by atoms with van der Waals surface area (Å²) >= 11 is 6.30. The van der Waals surface area contributed by atoms with Crippen LogP contribution in [0.15, 0.2) is 22.1 Å². The second kappa shape index (κ2) is 7.16. The standard InChI is InChI=1S/C12H14BrN3O2S2/c1-14-12-15-6-9(20-12)11(18)16(4-5-17)7-8-2-3-10(13)19-8/h2-3,6,17H,4-5,7H2,1H3,(H,14,15). The van der Waals surface area contributed by atoms with Gasteiger partial charge in [-0.05, 0) is 28.1 Å². The highest BCUT2D eigenvalue weighted by Crippen LogP contribution is 2.25. The van der Waals surface area contributed by atoms with Gasteiger partial charge < -0.3 is 15.3 Å². The Morgan fingerprint density at radius 3 is 2.85 bits per heavy atom. The van der Waals surface area contributed by atoms with Gasteiger partial charge in [-0.2, -0.15) is 0 Å². The summed E-state index contributed by atoms with van der Waals surface area (Å²) in [4.78, 5) is 19.8. The molecular weight excluding hydrogens is 362 g/mol. The van der Waals surface area contributed by atoms with Crippen LogP contribution in [0.5, 0.6) is 0 Å². The molecule has 108 valence electrons. The third-order valence-corrected chi connectivity index (χ3v) is 5.17. The van der Waals surface area contributed by atoms with Crippen molar-refractivity contribution < 1.29 is 9.90 Å². The molecule has 2 heterocycles. The molecule has 1 amide bonds. The molecule has 0 aliphatic rings. The second-order valence-electron chi connectivity index (χ2n) is 3.94. The Morgan fingerprint density at radius 1 is 1.50 bits per heavy atom. The molecule has 5 nitrogen and oxygen atoms in total. The van der Waals surface area contributed by atoms with Crippen molar-refractivity contribution in [3.8, 4) is 0 Å². The van der Waals surface area contributed by atoms with E-state index in [4.69, 9.17) is 5.11 Å². The first-order valence-electron chi connectivity index (χ1n) is 5.92. The summed E-state index contributed by atoms with van der Waals surface area (Å²) in [7, 11) is 1.77. The molecule has 0 atom stereocenters. The van der Waals surface area contributed by atoms with E-state index in [1.54, 1.807) is 29.5 Å². The molecular formula is C12H14BrN3O2S2. The van der Waals surface area contributed by atoms with Gasteiger partial charge in [-0.1, -0.05) is 11.3 Å². The summed E-state index contributed by atoms with van der Waals surface area (Å²) in [6.45, 7) is 0.736. The number of nitrogens with one attached hydrogen (secondary N) is 1. The lowest BCUT2D eigenvalue weighted by molar-refractivity contribution is 0.0714. The number of anilines is 1. The summed E-state index contributed by atoms with van der Waals surface area (Å²) in [5.41, 5.74) is 0. The summed E-state index contributed by atoms with van der Waals surface area (Å²) in [5, 5.41) is 12.8. The number of halogens is 1. The lowest BCUT2D eigenvalue weighted by Crippen LogP contribution is -2.32. The fourth-order valence-electron chi connectivity index (χ4n) is 1.64. The first kappa shape index (κ1) is 15.4. The number of carbonyl (C=O) groups is 1. The molecule has 0 spiro atoms. The van der Waals surface area contributed by atoms with Crippen molar-refractivity contribution in [2.24, 2.45) is 0 Å². The van der Waals surface area contributed by atoms with Gasteiger partial charge in [0.15, 0.2) is 5.13 Å². The normalized spacial score (nSPS) is 10.6. The van der Waals surface area contributed by atoms with Gasteiger partial charge in [-0.3, -0.25) is 4.79 Å². The molecule has 0 aliphatic carbocycles. The minimum Gasteiger partial charge on any atom is -0.395 e. The van der Waals surface area contributed by atoms with Gasteiger partial charge in [0.2, 0.25) is 0 Å². The molecule has 0 bridgehead atoms. The number of aliphatic hydroxyl groups is 1. The van der Waals surface area contributed by atoms with Crippen LogP contribution in [0.1, 0.15) is 14.5 Å². The number of rotatable bonds is 6. The van der Waals surface area contributed by atoms with Gasteiger partial charge in [0, 0.05) is 18.5 Å². The van der Waals surface area contributed by atoms with Crippen LogP contribution in [-0.4, -0.2) is 41.1 Å². The van der Waals surface area contributed by atoms with Crippen molar-refractivity contribution in [1.82, 2.24) is 9.88 Å². The van der Waals surface area contributed by atoms with Crippen molar-refractivity contribution in [1.29, 1.82) is 0 Å². The van der Waals surface area contributed by atoms with Gasteiger partial charge in [-0.15, -0.1) is 11.3 Å². The predicted octanol–water partition coefficient (Wildman–Crippen LogP) is 2.64. The number of carbonyl (C=O) groups excluding carboxylic acids is 1. The second-order valence-corrected chi connectivity index (χ2v) is 7.51. The number of amides is 1. The number of hydrogen-bond donors (Lipinski definition) is 2. The summed E-state index contributed by atoms with van der Waals surface area (Å²) in [5.74, 6) is -0.109. The van der Waals surface area contributed by atoms with E-state index in [2.05, 4.69) is 26.2 Å². The van der Waals surface area contributed by atoms with Crippen LogP contribution in [0, 0.1) is 0 Å². The Kier molecular flexibility index (Phi) is 5.53. The van der Waals surface area contributed by atoms with Crippen LogP contribution in [0.25, 0.3) is 0 Å². The first-order valence-corrected chi connectivity index (χ1v) is 8.34. The number of aliphatic hydroxyl groups excluding tert-OH is 1. The highest BCUT2D eigenvalue weighted by atomic mass is 79.9. The van der Waals surface area contributed by atoms with Crippen LogP contribution >= 0.6 is 38.6 Å². The maximum absolute atomic E-state index is 12.4. The first-order chi connectivity index (χ1) is 9.63. The van der Waals surface area contributed by atoms with Crippen LogP contribution in [0.2, 0.25) is 0 Å². The Balaban J connectivity index is 2.12. The minimum atomic E-state index is -0.109. The largest absolute Gasteiger partial charge is 0.395 e. The van der Waals surface area contributed by atoms with Crippen molar-refractivity contribution in [2.75, 3.05) is 25.5 Å². The lowest BCUT2D eigenvalue weighted by atomic mass is 10.3. The molecule has 2 aromatic heterocycles. The highest BCUT2D eigenvalue weighted by molar-refractivity contribution is 9.11. The summed E-state index contributed by atoms with van der Waals surface area (Å²) in [6.07, 6.45) is 1.56. The van der Waals surface area contributed by atoms with E-state index in [0.717, 1.165) is 8.66 Å². The smallest absolute Gasteiger partial charge is 0.266 e. The topological polar surface area (TPSA) is 65.5 Å². The Bertz CT molecular complexity index is 585. The third-order valence-electron chi connectivity index (χ3n) is 2.56. The maximum Gasteiger partial charge on any atom is 0.266 e. The fourth-order valence-corrected chi connectivity index (χ4v) is 3.88. The van der Waals surface area contributed by atoms with Gasteiger partial charge in [0.05, 0.1) is 23.1 Å². The number of hydrogen-bond acceptors (Lipinski definition) is 6. The molecule has 0 aromatic carbocycles. The van der Waals surface area contributed by atoms with Crippen molar-refractivity contribution >= 4 is 49.6 Å². The Morgan fingerprint density at radius 2 is 2.30 bits per heavy atom. The molecule has 0 aliphatic heterocycles. The van der Waals surface area contributed by atoms with Gasteiger partial charge in [0.1, 0.15) is 4.88 Å². The number of aromatic nitrogens is 1. The van der Waals surface area contributed by atoms with E-state index >= 15 is 0 Å². The van der Waals surface area contributed by atoms with Gasteiger partial charge in [0.25, 0.3) is 5.91 Å². The zero-order valence-corrected chi connectivity index (χ0v) is 14.0. The summed E-state index contributed by atoms with van der Waals surface area (Å²) in [6, 6.07) is 3.92. The van der Waals surface area contributed by atoms with Crippen LogP contribution < -0.4 is 5.32 Å². The quantitative estimate of drug-likeness (QED) is 0.814. The zero-order valence-electron chi connectivity index (χ0n) is 10.8. The molecule has 20 heavy (non-hydrogen) atoms. The Hall–Kier alpha value is -0.960. The average Bonchev–Trinajstić information content (AvgIpc) is 3.06. The monoisotopic (exact) mass is 375 g/mol.